The second-order valence-electron chi connectivity index (χ2n) is 4.58. The average molecular weight is 220 g/mol. The van der Waals surface area contributed by atoms with Crippen molar-refractivity contribution in [2.45, 2.75) is 26.3 Å². The Morgan fingerprint density at radius 3 is 3.00 bits per heavy atom. The number of nitrogens with one attached hydrogen (secondary N) is 1. The van der Waals surface area contributed by atoms with E-state index in [2.05, 4.69) is 25.2 Å². The van der Waals surface area contributed by atoms with Gasteiger partial charge in [-0.05, 0) is 38.0 Å². The van der Waals surface area contributed by atoms with E-state index in [1.807, 2.05) is 12.1 Å². The molecule has 16 heavy (non-hydrogen) atoms. The molecule has 0 radical (unpaired) electrons. The molecule has 1 aromatic rings. The molecule has 2 rings (SSSR count). The standard InChI is InChI=1S/C13H20N2O/c1-9-12(14)4-3-5-13(9)15-10(2)11-6-7-16-8-11/h3-5,10-11,15H,6-8,14H2,1-2H3. The highest BCUT2D eigenvalue weighted by molar-refractivity contribution is 5.63. The highest BCUT2D eigenvalue weighted by Gasteiger charge is 2.22. The lowest BCUT2D eigenvalue weighted by atomic mass is 10.00. The van der Waals surface area contributed by atoms with E-state index in [0.29, 0.717) is 12.0 Å². The third-order valence-corrected chi connectivity index (χ3v) is 3.43. The number of hydrogen-bond donors (Lipinski definition) is 2. The van der Waals surface area contributed by atoms with Gasteiger partial charge in [0, 0.05) is 29.9 Å². The number of nitrogen functional groups attached to an aromatic ring is 1. The van der Waals surface area contributed by atoms with Gasteiger partial charge in [0.2, 0.25) is 0 Å². The zero-order valence-corrected chi connectivity index (χ0v) is 9.99. The lowest BCUT2D eigenvalue weighted by Crippen LogP contribution is -2.26. The van der Waals surface area contributed by atoms with E-state index < -0.39 is 0 Å². The van der Waals surface area contributed by atoms with Crippen LogP contribution >= 0.6 is 0 Å². The fraction of sp³-hybridized carbons (Fsp3) is 0.538. The molecule has 1 fully saturated rings. The van der Waals surface area contributed by atoms with Crippen LogP contribution in [0.15, 0.2) is 18.2 Å². The highest BCUT2D eigenvalue weighted by atomic mass is 16.5. The van der Waals surface area contributed by atoms with Crippen molar-refractivity contribution in [3.05, 3.63) is 23.8 Å². The molecule has 3 nitrogen and oxygen atoms in total. The molecular formula is C13H20N2O. The molecule has 0 aliphatic carbocycles. The molecule has 2 atom stereocenters. The van der Waals surface area contributed by atoms with Gasteiger partial charge in [0.1, 0.15) is 0 Å². The maximum absolute atomic E-state index is 5.89. The first kappa shape index (κ1) is 11.3. The van der Waals surface area contributed by atoms with Crippen molar-refractivity contribution >= 4 is 11.4 Å². The number of benzene rings is 1. The number of rotatable bonds is 3. The minimum atomic E-state index is 0.433. The molecule has 3 heteroatoms. The first-order chi connectivity index (χ1) is 7.68. The van der Waals surface area contributed by atoms with E-state index in [1.54, 1.807) is 0 Å². The van der Waals surface area contributed by atoms with E-state index in [1.165, 1.54) is 0 Å². The van der Waals surface area contributed by atoms with Gasteiger partial charge in [0.15, 0.2) is 0 Å². The van der Waals surface area contributed by atoms with Gasteiger partial charge in [0.05, 0.1) is 6.61 Å². The van der Waals surface area contributed by atoms with Crippen LogP contribution in [-0.2, 0) is 4.74 Å². The van der Waals surface area contributed by atoms with Gasteiger partial charge >= 0.3 is 0 Å². The molecule has 88 valence electrons. The van der Waals surface area contributed by atoms with Gasteiger partial charge in [0.25, 0.3) is 0 Å². The van der Waals surface area contributed by atoms with Crippen molar-refractivity contribution in [3.63, 3.8) is 0 Å². The van der Waals surface area contributed by atoms with Crippen LogP contribution < -0.4 is 11.1 Å². The molecule has 1 saturated heterocycles. The molecule has 0 bridgehead atoms. The smallest absolute Gasteiger partial charge is 0.0514 e. The predicted molar refractivity (Wildman–Crippen MR) is 67.6 cm³/mol. The van der Waals surface area contributed by atoms with Crippen molar-refractivity contribution in [1.29, 1.82) is 0 Å². The maximum Gasteiger partial charge on any atom is 0.0514 e. The van der Waals surface area contributed by atoms with Crippen molar-refractivity contribution in [1.82, 2.24) is 0 Å². The summed E-state index contributed by atoms with van der Waals surface area (Å²) in [5.74, 6) is 0.612. The first-order valence-corrected chi connectivity index (χ1v) is 5.88. The maximum atomic E-state index is 5.89. The van der Waals surface area contributed by atoms with Crippen LogP contribution in [0.2, 0.25) is 0 Å². The molecule has 1 heterocycles. The predicted octanol–water partition coefficient (Wildman–Crippen LogP) is 2.41. The quantitative estimate of drug-likeness (QED) is 0.769. The van der Waals surface area contributed by atoms with E-state index in [4.69, 9.17) is 10.5 Å². The third-order valence-electron chi connectivity index (χ3n) is 3.43. The Morgan fingerprint density at radius 1 is 1.50 bits per heavy atom. The second-order valence-corrected chi connectivity index (χ2v) is 4.58. The summed E-state index contributed by atoms with van der Waals surface area (Å²) >= 11 is 0. The van der Waals surface area contributed by atoms with Crippen molar-refractivity contribution in [2.75, 3.05) is 24.3 Å². The molecule has 3 N–H and O–H groups in total. The van der Waals surface area contributed by atoms with Crippen LogP contribution in [0.1, 0.15) is 18.9 Å². The number of hydrogen-bond acceptors (Lipinski definition) is 3. The van der Waals surface area contributed by atoms with Crippen LogP contribution in [0.25, 0.3) is 0 Å². The van der Waals surface area contributed by atoms with Gasteiger partial charge in [-0.2, -0.15) is 0 Å². The third kappa shape index (κ3) is 2.30. The summed E-state index contributed by atoms with van der Waals surface area (Å²) in [6.45, 7) is 6.03. The van der Waals surface area contributed by atoms with Crippen LogP contribution in [0.3, 0.4) is 0 Å². The SMILES string of the molecule is Cc1c(N)cccc1NC(C)C1CCOC1. The molecule has 0 saturated carbocycles. The Hall–Kier alpha value is -1.22. The Balaban J connectivity index is 2.05. The molecule has 0 aromatic heterocycles. The van der Waals surface area contributed by atoms with Crippen molar-refractivity contribution in [2.24, 2.45) is 5.92 Å². The second kappa shape index (κ2) is 4.74. The van der Waals surface area contributed by atoms with Gasteiger partial charge in [-0.25, -0.2) is 0 Å². The number of ether oxygens (including phenoxy) is 1. The molecule has 0 amide bonds. The Bertz CT molecular complexity index is 359. The van der Waals surface area contributed by atoms with Gasteiger partial charge in [-0.1, -0.05) is 6.07 Å². The average Bonchev–Trinajstić information content (AvgIpc) is 2.78. The summed E-state index contributed by atoms with van der Waals surface area (Å²) in [4.78, 5) is 0. The van der Waals surface area contributed by atoms with Gasteiger partial charge < -0.3 is 15.8 Å². The Kier molecular flexibility index (Phi) is 3.34. The molecule has 0 spiro atoms. The monoisotopic (exact) mass is 220 g/mol. The van der Waals surface area contributed by atoms with Crippen LogP contribution in [0.4, 0.5) is 11.4 Å². The van der Waals surface area contributed by atoms with Gasteiger partial charge in [-0.15, -0.1) is 0 Å². The van der Waals surface area contributed by atoms with Crippen LogP contribution in [0.5, 0.6) is 0 Å². The summed E-state index contributed by atoms with van der Waals surface area (Å²) in [5.41, 5.74) is 9.00. The molecule has 1 aliphatic heterocycles. The number of anilines is 2. The summed E-state index contributed by atoms with van der Waals surface area (Å²) in [5, 5.41) is 3.53. The van der Waals surface area contributed by atoms with Crippen LogP contribution in [-0.4, -0.2) is 19.3 Å². The van der Waals surface area contributed by atoms with Crippen molar-refractivity contribution in [3.8, 4) is 0 Å². The lowest BCUT2D eigenvalue weighted by Gasteiger charge is -2.22. The molecular weight excluding hydrogens is 200 g/mol. The van der Waals surface area contributed by atoms with Crippen LogP contribution in [0, 0.1) is 12.8 Å². The van der Waals surface area contributed by atoms with E-state index in [0.717, 1.165) is 36.6 Å². The zero-order chi connectivity index (χ0) is 11.5. The van der Waals surface area contributed by atoms with Gasteiger partial charge in [-0.3, -0.25) is 0 Å². The highest BCUT2D eigenvalue weighted by Crippen LogP contribution is 2.24. The van der Waals surface area contributed by atoms with E-state index in [9.17, 15) is 0 Å². The zero-order valence-electron chi connectivity index (χ0n) is 9.99. The fourth-order valence-corrected chi connectivity index (χ4v) is 2.12. The number of nitrogens with two attached hydrogens (primary N) is 1. The summed E-state index contributed by atoms with van der Waals surface area (Å²) < 4.78 is 5.41. The summed E-state index contributed by atoms with van der Waals surface area (Å²) in [6.07, 6.45) is 1.15. The fourth-order valence-electron chi connectivity index (χ4n) is 2.12. The summed E-state index contributed by atoms with van der Waals surface area (Å²) in [7, 11) is 0. The van der Waals surface area contributed by atoms with E-state index in [-0.39, 0.29) is 0 Å². The largest absolute Gasteiger partial charge is 0.398 e. The minimum Gasteiger partial charge on any atom is -0.398 e. The topological polar surface area (TPSA) is 47.3 Å². The first-order valence-electron chi connectivity index (χ1n) is 5.88. The normalized spacial score (nSPS) is 22.0. The van der Waals surface area contributed by atoms with Crippen molar-refractivity contribution < 1.29 is 4.74 Å². The van der Waals surface area contributed by atoms with E-state index >= 15 is 0 Å². The Labute approximate surface area is 97.0 Å². The lowest BCUT2D eigenvalue weighted by molar-refractivity contribution is 0.183. The summed E-state index contributed by atoms with van der Waals surface area (Å²) in [6, 6.07) is 6.44. The minimum absolute atomic E-state index is 0.433. The Morgan fingerprint density at radius 2 is 2.31 bits per heavy atom. The molecule has 2 unspecified atom stereocenters. The molecule has 1 aromatic carbocycles. The molecule has 1 aliphatic rings.